The van der Waals surface area contributed by atoms with E-state index in [1.165, 1.54) is 32.4 Å². The number of benzene rings is 1. The number of nitrogens with zero attached hydrogens (tertiary/aromatic N) is 1. The lowest BCUT2D eigenvalue weighted by Crippen LogP contribution is -2.13. The second-order valence-electron chi connectivity index (χ2n) is 4.06. The number of halogens is 3. The van der Waals surface area contributed by atoms with E-state index in [1.807, 2.05) is 0 Å². The Labute approximate surface area is 127 Å². The number of amides is 1. The number of anilines is 1. The number of aromatic nitrogens is 1. The van der Waals surface area contributed by atoms with Crippen LogP contribution < -0.4 is 14.8 Å². The number of ether oxygens (including phenoxy) is 2. The van der Waals surface area contributed by atoms with Crippen molar-refractivity contribution in [3.8, 4) is 11.5 Å². The lowest BCUT2D eigenvalue weighted by atomic mass is 10.2. The highest BCUT2D eigenvalue weighted by Crippen LogP contribution is 2.32. The van der Waals surface area contributed by atoms with E-state index in [0.717, 1.165) is 5.38 Å². The molecule has 0 unspecified atom stereocenters. The van der Waals surface area contributed by atoms with Crippen LogP contribution in [0.15, 0.2) is 23.6 Å². The largest absolute Gasteiger partial charge is 0.493 e. The normalized spacial score (nSPS) is 11.1. The number of carbonyl (C=O) groups excluding carboxylic acids is 1. The summed E-state index contributed by atoms with van der Waals surface area (Å²) in [6, 6.07) is 4.41. The second kappa shape index (κ2) is 6.22. The van der Waals surface area contributed by atoms with E-state index in [1.54, 1.807) is 0 Å². The fraction of sp³-hybridized carbons (Fsp3) is 0.231. The predicted molar refractivity (Wildman–Crippen MR) is 74.6 cm³/mol. The van der Waals surface area contributed by atoms with Crippen LogP contribution in [0.3, 0.4) is 0 Å². The molecule has 2 aromatic rings. The van der Waals surface area contributed by atoms with Crippen LogP contribution in [0.5, 0.6) is 11.5 Å². The molecule has 2 rings (SSSR count). The van der Waals surface area contributed by atoms with Gasteiger partial charge in [0, 0.05) is 10.9 Å². The molecule has 0 bridgehead atoms. The summed E-state index contributed by atoms with van der Waals surface area (Å²) in [6.45, 7) is 0. The van der Waals surface area contributed by atoms with E-state index in [9.17, 15) is 18.0 Å². The zero-order valence-corrected chi connectivity index (χ0v) is 12.3. The molecule has 1 aromatic heterocycles. The summed E-state index contributed by atoms with van der Waals surface area (Å²) in [7, 11) is 2.86. The van der Waals surface area contributed by atoms with Gasteiger partial charge in [0.05, 0.1) is 14.2 Å². The van der Waals surface area contributed by atoms with Crippen molar-refractivity contribution in [3.63, 3.8) is 0 Å². The molecule has 9 heteroatoms. The Balaban J connectivity index is 2.17. The fourth-order valence-electron chi connectivity index (χ4n) is 1.61. The van der Waals surface area contributed by atoms with E-state index in [2.05, 4.69) is 10.3 Å². The Kier molecular flexibility index (Phi) is 4.55. The van der Waals surface area contributed by atoms with Crippen molar-refractivity contribution < 1.29 is 27.4 Å². The minimum Gasteiger partial charge on any atom is -0.493 e. The number of thiazole rings is 1. The van der Waals surface area contributed by atoms with E-state index >= 15 is 0 Å². The first kappa shape index (κ1) is 16.1. The Morgan fingerprint density at radius 3 is 2.45 bits per heavy atom. The molecule has 0 aliphatic carbocycles. The molecule has 1 heterocycles. The summed E-state index contributed by atoms with van der Waals surface area (Å²) in [5.41, 5.74) is -0.832. The van der Waals surface area contributed by atoms with Crippen molar-refractivity contribution in [1.82, 2.24) is 4.98 Å². The minimum absolute atomic E-state index is 0.132. The molecule has 22 heavy (non-hydrogen) atoms. The lowest BCUT2D eigenvalue weighted by molar-refractivity contribution is -0.140. The monoisotopic (exact) mass is 332 g/mol. The Morgan fingerprint density at radius 1 is 1.23 bits per heavy atom. The molecule has 0 fully saturated rings. The molecule has 0 spiro atoms. The van der Waals surface area contributed by atoms with Crippen LogP contribution in [0.4, 0.5) is 18.3 Å². The summed E-state index contributed by atoms with van der Waals surface area (Å²) in [5.74, 6) is 0.182. The number of hydrogen-bond donors (Lipinski definition) is 1. The molecule has 1 aromatic carbocycles. The number of methoxy groups -OCH3 is 2. The van der Waals surface area contributed by atoms with Crippen molar-refractivity contribution >= 4 is 22.4 Å². The van der Waals surface area contributed by atoms with E-state index in [4.69, 9.17) is 9.47 Å². The number of rotatable bonds is 4. The van der Waals surface area contributed by atoms with Gasteiger partial charge in [-0.2, -0.15) is 13.2 Å². The summed E-state index contributed by atoms with van der Waals surface area (Å²) in [6.07, 6.45) is -4.54. The first-order valence-corrected chi connectivity index (χ1v) is 6.79. The van der Waals surface area contributed by atoms with Gasteiger partial charge in [0.15, 0.2) is 22.3 Å². The average Bonchev–Trinajstić information content (AvgIpc) is 2.95. The van der Waals surface area contributed by atoms with E-state index in [0.29, 0.717) is 22.8 Å². The van der Waals surface area contributed by atoms with Gasteiger partial charge in [-0.15, -0.1) is 11.3 Å². The summed E-state index contributed by atoms with van der Waals surface area (Å²) < 4.78 is 47.4. The highest BCUT2D eigenvalue weighted by atomic mass is 32.1. The van der Waals surface area contributed by atoms with Crippen molar-refractivity contribution in [2.45, 2.75) is 6.18 Å². The molecule has 0 aliphatic rings. The van der Waals surface area contributed by atoms with Crippen molar-refractivity contribution in [2.24, 2.45) is 0 Å². The maximum Gasteiger partial charge on any atom is 0.434 e. The quantitative estimate of drug-likeness (QED) is 0.932. The van der Waals surface area contributed by atoms with Crippen molar-refractivity contribution in [2.75, 3.05) is 19.5 Å². The average molecular weight is 332 g/mol. The SMILES string of the molecule is COc1ccc(C(=O)Nc2nc(C(F)(F)F)cs2)cc1OC. The molecular formula is C13H11F3N2O3S. The lowest BCUT2D eigenvalue weighted by Gasteiger charge is -2.09. The topological polar surface area (TPSA) is 60.5 Å². The smallest absolute Gasteiger partial charge is 0.434 e. The molecule has 118 valence electrons. The van der Waals surface area contributed by atoms with Crippen LogP contribution in [-0.2, 0) is 6.18 Å². The van der Waals surface area contributed by atoms with Gasteiger partial charge in [-0.05, 0) is 18.2 Å². The minimum atomic E-state index is -4.54. The first-order chi connectivity index (χ1) is 10.3. The Bertz CT molecular complexity index is 685. The zero-order valence-electron chi connectivity index (χ0n) is 11.5. The molecular weight excluding hydrogens is 321 g/mol. The molecule has 0 aliphatic heterocycles. The van der Waals surface area contributed by atoms with Crippen LogP contribution >= 0.6 is 11.3 Å². The molecule has 1 N–H and O–H groups in total. The molecule has 0 saturated heterocycles. The maximum atomic E-state index is 12.4. The van der Waals surface area contributed by atoms with Crippen LogP contribution in [0.1, 0.15) is 16.1 Å². The molecule has 0 saturated carbocycles. The number of nitrogens with one attached hydrogen (secondary N) is 1. The summed E-state index contributed by atoms with van der Waals surface area (Å²) in [5, 5.41) is 3.02. The predicted octanol–water partition coefficient (Wildman–Crippen LogP) is 3.43. The summed E-state index contributed by atoms with van der Waals surface area (Å²) in [4.78, 5) is 15.3. The van der Waals surface area contributed by atoms with E-state index in [-0.39, 0.29) is 10.7 Å². The van der Waals surface area contributed by atoms with Gasteiger partial charge >= 0.3 is 6.18 Å². The van der Waals surface area contributed by atoms with E-state index < -0.39 is 17.8 Å². The Hall–Kier alpha value is -2.29. The number of carbonyl (C=O) groups is 1. The van der Waals surface area contributed by atoms with Crippen LogP contribution in [0.25, 0.3) is 0 Å². The van der Waals surface area contributed by atoms with Gasteiger partial charge in [0.1, 0.15) is 0 Å². The van der Waals surface area contributed by atoms with Gasteiger partial charge in [0.25, 0.3) is 5.91 Å². The third-order valence-corrected chi connectivity index (χ3v) is 3.42. The third kappa shape index (κ3) is 3.48. The molecule has 1 amide bonds. The highest BCUT2D eigenvalue weighted by Gasteiger charge is 2.33. The fourth-order valence-corrected chi connectivity index (χ4v) is 2.32. The Morgan fingerprint density at radius 2 is 1.91 bits per heavy atom. The van der Waals surface area contributed by atoms with Gasteiger partial charge in [-0.1, -0.05) is 0 Å². The summed E-state index contributed by atoms with van der Waals surface area (Å²) >= 11 is 0.698. The van der Waals surface area contributed by atoms with Gasteiger partial charge in [-0.25, -0.2) is 4.98 Å². The van der Waals surface area contributed by atoms with Crippen molar-refractivity contribution in [3.05, 3.63) is 34.8 Å². The number of alkyl halides is 3. The van der Waals surface area contributed by atoms with Crippen LogP contribution in [0.2, 0.25) is 0 Å². The number of hydrogen-bond acceptors (Lipinski definition) is 5. The van der Waals surface area contributed by atoms with Gasteiger partial charge in [-0.3, -0.25) is 10.1 Å². The molecule has 0 radical (unpaired) electrons. The maximum absolute atomic E-state index is 12.4. The zero-order chi connectivity index (χ0) is 16.3. The van der Waals surface area contributed by atoms with Gasteiger partial charge < -0.3 is 9.47 Å². The van der Waals surface area contributed by atoms with Crippen molar-refractivity contribution in [1.29, 1.82) is 0 Å². The third-order valence-electron chi connectivity index (χ3n) is 2.66. The first-order valence-electron chi connectivity index (χ1n) is 5.91. The molecule has 5 nitrogen and oxygen atoms in total. The standard InChI is InChI=1S/C13H11F3N2O3S/c1-20-8-4-3-7(5-9(8)21-2)11(19)18-12-17-10(6-22-12)13(14,15)16/h3-6H,1-2H3,(H,17,18,19). The van der Waals surface area contributed by atoms with Crippen LogP contribution in [0, 0.1) is 0 Å². The van der Waals surface area contributed by atoms with Crippen LogP contribution in [-0.4, -0.2) is 25.1 Å². The van der Waals surface area contributed by atoms with Gasteiger partial charge in [0.2, 0.25) is 0 Å². The second-order valence-corrected chi connectivity index (χ2v) is 4.92. The molecule has 0 atom stereocenters. The highest BCUT2D eigenvalue weighted by molar-refractivity contribution is 7.14.